The number of nitrogens with one attached hydrogen (secondary N) is 1. The van der Waals surface area contributed by atoms with E-state index in [0.717, 1.165) is 29.9 Å². The molecule has 0 atom stereocenters. The van der Waals surface area contributed by atoms with Crippen LogP contribution in [0.3, 0.4) is 0 Å². The molecule has 0 unspecified atom stereocenters. The van der Waals surface area contributed by atoms with Gasteiger partial charge in [-0.05, 0) is 47.4 Å². The van der Waals surface area contributed by atoms with E-state index in [4.69, 9.17) is 4.74 Å². The number of piperidine rings is 1. The molecule has 1 N–H and O–H groups in total. The lowest BCUT2D eigenvalue weighted by molar-refractivity contribution is 0.410. The highest BCUT2D eigenvalue weighted by atomic mass is 79.9. The maximum Gasteiger partial charge on any atom is 0.135 e. The van der Waals surface area contributed by atoms with Crippen molar-refractivity contribution in [2.75, 3.05) is 31.6 Å². The number of hydrogen-bond donors (Lipinski definition) is 1. The summed E-state index contributed by atoms with van der Waals surface area (Å²) < 4.78 is 6.36. The highest BCUT2D eigenvalue weighted by Crippen LogP contribution is 2.30. The molecule has 1 aliphatic heterocycles. The maximum absolute atomic E-state index is 5.35. The van der Waals surface area contributed by atoms with Crippen molar-refractivity contribution < 1.29 is 4.74 Å². The molecule has 1 aliphatic rings. The van der Waals surface area contributed by atoms with Crippen LogP contribution in [0.25, 0.3) is 0 Å². The van der Waals surface area contributed by atoms with E-state index in [1.165, 1.54) is 18.5 Å². The highest BCUT2D eigenvalue weighted by molar-refractivity contribution is 9.10. The van der Waals surface area contributed by atoms with E-state index in [1.54, 1.807) is 7.11 Å². The van der Waals surface area contributed by atoms with Crippen molar-refractivity contribution in [2.24, 2.45) is 0 Å². The van der Waals surface area contributed by atoms with Crippen LogP contribution in [-0.2, 0) is 0 Å². The Morgan fingerprint density at radius 3 is 2.72 bits per heavy atom. The van der Waals surface area contributed by atoms with Gasteiger partial charge in [0.2, 0.25) is 0 Å². The molecule has 3 nitrogen and oxygen atoms in total. The second kappa shape index (κ2) is 6.43. The molecule has 0 spiro atoms. The first-order chi connectivity index (χ1) is 8.74. The van der Waals surface area contributed by atoms with Crippen molar-refractivity contribution in [1.29, 1.82) is 0 Å². The average Bonchev–Trinajstić information content (AvgIpc) is 2.41. The number of anilines is 1. The van der Waals surface area contributed by atoms with E-state index in [2.05, 4.69) is 51.3 Å². The Hall–Kier alpha value is -0.740. The molecule has 1 aromatic rings. The summed E-state index contributed by atoms with van der Waals surface area (Å²) in [6, 6.07) is 7.01. The van der Waals surface area contributed by atoms with Gasteiger partial charge in [-0.2, -0.15) is 0 Å². The molecule has 0 amide bonds. The van der Waals surface area contributed by atoms with Crippen LogP contribution in [0.15, 0.2) is 22.7 Å². The van der Waals surface area contributed by atoms with Gasteiger partial charge in [-0.3, -0.25) is 0 Å². The molecular weight excluding hydrogens is 292 g/mol. The zero-order valence-corrected chi connectivity index (χ0v) is 12.7. The van der Waals surface area contributed by atoms with Crippen LogP contribution in [0.4, 0.5) is 5.69 Å². The van der Waals surface area contributed by atoms with Crippen molar-refractivity contribution in [3.8, 4) is 5.75 Å². The van der Waals surface area contributed by atoms with Crippen LogP contribution in [0.5, 0.6) is 5.75 Å². The van der Waals surface area contributed by atoms with Gasteiger partial charge in [0.05, 0.1) is 11.6 Å². The Morgan fingerprint density at radius 2 is 2.11 bits per heavy atom. The van der Waals surface area contributed by atoms with E-state index in [1.807, 2.05) is 0 Å². The maximum atomic E-state index is 5.35. The Morgan fingerprint density at radius 1 is 1.39 bits per heavy atom. The van der Waals surface area contributed by atoms with Gasteiger partial charge in [-0.15, -0.1) is 0 Å². The Bertz CT molecular complexity index is 389. The normalized spacial score (nSPS) is 16.9. The number of halogens is 1. The lowest BCUT2D eigenvalue weighted by Gasteiger charge is -2.34. The van der Waals surface area contributed by atoms with E-state index >= 15 is 0 Å². The monoisotopic (exact) mass is 312 g/mol. The molecular formula is C14H21BrN2O. The van der Waals surface area contributed by atoms with Crippen molar-refractivity contribution in [3.05, 3.63) is 22.7 Å². The molecule has 0 aromatic heterocycles. The van der Waals surface area contributed by atoms with Gasteiger partial charge in [0.15, 0.2) is 0 Å². The SMILES string of the molecule is CCNC1CCN(c2ccc(Br)c(OC)c2)CC1. The third kappa shape index (κ3) is 3.18. The minimum absolute atomic E-state index is 0.684. The molecule has 100 valence electrons. The Kier molecular flexibility index (Phi) is 4.89. The first-order valence-corrected chi connectivity index (χ1v) is 7.35. The van der Waals surface area contributed by atoms with Crippen LogP contribution in [0.2, 0.25) is 0 Å². The lowest BCUT2D eigenvalue weighted by Crippen LogP contribution is -2.42. The summed E-state index contributed by atoms with van der Waals surface area (Å²) in [5.74, 6) is 0.904. The fraction of sp³-hybridized carbons (Fsp3) is 0.571. The molecule has 2 rings (SSSR count). The molecule has 18 heavy (non-hydrogen) atoms. The molecule has 1 aromatic carbocycles. The van der Waals surface area contributed by atoms with Crippen molar-refractivity contribution in [2.45, 2.75) is 25.8 Å². The Labute approximate surface area is 118 Å². The topological polar surface area (TPSA) is 24.5 Å². The number of methoxy groups -OCH3 is 1. The second-order valence-electron chi connectivity index (χ2n) is 4.64. The van der Waals surface area contributed by atoms with Crippen molar-refractivity contribution in [1.82, 2.24) is 5.32 Å². The fourth-order valence-electron chi connectivity index (χ4n) is 2.48. The summed E-state index contributed by atoms with van der Waals surface area (Å²) >= 11 is 3.49. The first kappa shape index (κ1) is 13.7. The zero-order valence-electron chi connectivity index (χ0n) is 11.1. The smallest absolute Gasteiger partial charge is 0.135 e. The first-order valence-electron chi connectivity index (χ1n) is 6.56. The second-order valence-corrected chi connectivity index (χ2v) is 5.49. The number of hydrogen-bond acceptors (Lipinski definition) is 3. The summed E-state index contributed by atoms with van der Waals surface area (Å²) in [6.07, 6.45) is 2.43. The Balaban J connectivity index is 2.01. The van der Waals surface area contributed by atoms with Gasteiger partial charge in [0.1, 0.15) is 5.75 Å². The van der Waals surface area contributed by atoms with E-state index in [-0.39, 0.29) is 0 Å². The van der Waals surface area contributed by atoms with E-state index in [9.17, 15) is 0 Å². The van der Waals surface area contributed by atoms with Gasteiger partial charge in [0, 0.05) is 30.9 Å². The van der Waals surface area contributed by atoms with Crippen LogP contribution >= 0.6 is 15.9 Å². The largest absolute Gasteiger partial charge is 0.495 e. The average molecular weight is 313 g/mol. The standard InChI is InChI=1S/C14H21BrN2O/c1-3-16-11-6-8-17(9-7-11)12-4-5-13(15)14(10-12)18-2/h4-5,10-11,16H,3,6-9H2,1-2H3. The summed E-state index contributed by atoms with van der Waals surface area (Å²) in [5, 5.41) is 3.53. The molecule has 0 bridgehead atoms. The van der Waals surface area contributed by atoms with Gasteiger partial charge < -0.3 is 15.0 Å². The van der Waals surface area contributed by atoms with Crippen LogP contribution in [-0.4, -0.2) is 32.8 Å². The van der Waals surface area contributed by atoms with Gasteiger partial charge in [-0.25, -0.2) is 0 Å². The quantitative estimate of drug-likeness (QED) is 0.925. The third-order valence-corrected chi connectivity index (χ3v) is 4.14. The minimum atomic E-state index is 0.684. The third-order valence-electron chi connectivity index (χ3n) is 3.49. The minimum Gasteiger partial charge on any atom is -0.495 e. The number of ether oxygens (including phenoxy) is 1. The van der Waals surface area contributed by atoms with E-state index in [0.29, 0.717) is 6.04 Å². The summed E-state index contributed by atoms with van der Waals surface area (Å²) in [7, 11) is 1.71. The molecule has 0 saturated carbocycles. The van der Waals surface area contributed by atoms with Crippen molar-refractivity contribution in [3.63, 3.8) is 0 Å². The number of benzene rings is 1. The highest BCUT2D eigenvalue weighted by Gasteiger charge is 2.19. The molecule has 4 heteroatoms. The molecule has 1 saturated heterocycles. The summed E-state index contributed by atoms with van der Waals surface area (Å²) in [5.41, 5.74) is 1.25. The van der Waals surface area contributed by atoms with Crippen LogP contribution < -0.4 is 15.0 Å². The van der Waals surface area contributed by atoms with Gasteiger partial charge in [-0.1, -0.05) is 6.92 Å². The zero-order chi connectivity index (χ0) is 13.0. The van der Waals surface area contributed by atoms with Gasteiger partial charge in [0.25, 0.3) is 0 Å². The van der Waals surface area contributed by atoms with Crippen LogP contribution in [0, 0.1) is 0 Å². The predicted octanol–water partition coefficient (Wildman–Crippen LogP) is 3.04. The van der Waals surface area contributed by atoms with E-state index < -0.39 is 0 Å². The number of rotatable bonds is 4. The summed E-state index contributed by atoms with van der Waals surface area (Å²) in [4.78, 5) is 2.43. The van der Waals surface area contributed by atoms with Gasteiger partial charge >= 0.3 is 0 Å². The molecule has 1 fully saturated rings. The molecule has 1 heterocycles. The molecule has 0 radical (unpaired) electrons. The molecule has 0 aliphatic carbocycles. The van der Waals surface area contributed by atoms with Crippen molar-refractivity contribution >= 4 is 21.6 Å². The lowest BCUT2D eigenvalue weighted by atomic mass is 10.0. The summed E-state index contributed by atoms with van der Waals surface area (Å²) in [6.45, 7) is 5.47. The van der Waals surface area contributed by atoms with Crippen LogP contribution in [0.1, 0.15) is 19.8 Å². The predicted molar refractivity (Wildman–Crippen MR) is 79.6 cm³/mol. The fourth-order valence-corrected chi connectivity index (χ4v) is 2.88. The number of nitrogens with zero attached hydrogens (tertiary/aromatic N) is 1.